The largest absolute Gasteiger partial charge is 0.339 e. The lowest BCUT2D eigenvalue weighted by molar-refractivity contribution is -0.121. The number of rotatable bonds is 5. The van der Waals surface area contributed by atoms with Gasteiger partial charge in [0, 0.05) is 36.1 Å². The maximum atomic E-state index is 14.1. The van der Waals surface area contributed by atoms with E-state index in [2.05, 4.69) is 10.2 Å². The SMILES string of the molecule is O=C(Nc1ccccc1C(=O)N1CCCCCC1)C1CCN(Cc2ccc(Cl)cc2F)CC1. The smallest absolute Gasteiger partial charge is 0.255 e. The summed E-state index contributed by atoms with van der Waals surface area (Å²) in [6, 6.07) is 12.0. The Morgan fingerprint density at radius 1 is 0.970 bits per heavy atom. The molecule has 176 valence electrons. The topological polar surface area (TPSA) is 52.7 Å². The van der Waals surface area contributed by atoms with Gasteiger partial charge in [0.2, 0.25) is 5.91 Å². The number of carbonyl (C=O) groups excluding carboxylic acids is 2. The Morgan fingerprint density at radius 3 is 2.36 bits per heavy atom. The van der Waals surface area contributed by atoms with E-state index < -0.39 is 0 Å². The third-order valence-electron chi connectivity index (χ3n) is 6.68. The Hall–Kier alpha value is -2.44. The standard InChI is InChI=1S/C26H31ClFN3O2/c27-21-10-9-20(23(28)17-21)18-30-15-11-19(12-16-30)25(32)29-24-8-4-3-7-22(24)26(33)31-13-5-1-2-6-14-31/h3-4,7-10,17,19H,1-2,5-6,11-16,18H2,(H,29,32). The van der Waals surface area contributed by atoms with E-state index in [0.717, 1.165) is 38.8 Å². The highest BCUT2D eigenvalue weighted by Gasteiger charge is 2.27. The number of para-hydroxylation sites is 1. The number of carbonyl (C=O) groups is 2. The summed E-state index contributed by atoms with van der Waals surface area (Å²) in [6.45, 7) is 3.48. The molecule has 5 nitrogen and oxygen atoms in total. The maximum Gasteiger partial charge on any atom is 0.255 e. The van der Waals surface area contributed by atoms with Gasteiger partial charge >= 0.3 is 0 Å². The number of anilines is 1. The molecule has 2 aliphatic heterocycles. The van der Waals surface area contributed by atoms with Crippen molar-refractivity contribution >= 4 is 29.1 Å². The molecule has 0 spiro atoms. The molecule has 33 heavy (non-hydrogen) atoms. The summed E-state index contributed by atoms with van der Waals surface area (Å²) < 4.78 is 14.1. The van der Waals surface area contributed by atoms with Crippen molar-refractivity contribution < 1.29 is 14.0 Å². The van der Waals surface area contributed by atoms with Crippen LogP contribution in [-0.2, 0) is 11.3 Å². The molecule has 2 fully saturated rings. The first kappa shape index (κ1) is 23.7. The molecule has 0 atom stereocenters. The van der Waals surface area contributed by atoms with Crippen LogP contribution in [0.25, 0.3) is 0 Å². The number of hydrogen-bond donors (Lipinski definition) is 1. The van der Waals surface area contributed by atoms with E-state index in [1.54, 1.807) is 24.3 Å². The lowest BCUT2D eigenvalue weighted by Gasteiger charge is -2.31. The van der Waals surface area contributed by atoms with Crippen LogP contribution in [0.5, 0.6) is 0 Å². The average molecular weight is 472 g/mol. The first-order valence-corrected chi connectivity index (χ1v) is 12.2. The van der Waals surface area contributed by atoms with Gasteiger partial charge in [-0.25, -0.2) is 4.39 Å². The molecule has 0 unspecified atom stereocenters. The molecule has 0 aromatic heterocycles. The minimum atomic E-state index is -0.298. The molecule has 2 aliphatic rings. The van der Waals surface area contributed by atoms with Crippen molar-refractivity contribution in [3.63, 3.8) is 0 Å². The van der Waals surface area contributed by atoms with Gasteiger partial charge in [-0.15, -0.1) is 0 Å². The Kier molecular flexibility index (Phi) is 7.99. The highest BCUT2D eigenvalue weighted by atomic mass is 35.5. The van der Waals surface area contributed by atoms with Crippen molar-refractivity contribution in [1.29, 1.82) is 0 Å². The zero-order valence-corrected chi connectivity index (χ0v) is 19.6. The van der Waals surface area contributed by atoms with Crippen LogP contribution in [0.2, 0.25) is 5.02 Å². The Morgan fingerprint density at radius 2 is 1.67 bits per heavy atom. The molecule has 0 bridgehead atoms. The molecule has 1 N–H and O–H groups in total. The molecule has 0 radical (unpaired) electrons. The Labute approximate surface area is 199 Å². The predicted molar refractivity (Wildman–Crippen MR) is 129 cm³/mol. The predicted octanol–water partition coefficient (Wildman–Crippen LogP) is 5.35. The van der Waals surface area contributed by atoms with Crippen LogP contribution >= 0.6 is 11.6 Å². The number of nitrogens with zero attached hydrogens (tertiary/aromatic N) is 2. The molecule has 0 aliphatic carbocycles. The van der Waals surface area contributed by atoms with Gasteiger partial charge in [0.25, 0.3) is 5.91 Å². The van der Waals surface area contributed by atoms with Crippen LogP contribution in [0.3, 0.4) is 0 Å². The van der Waals surface area contributed by atoms with Crippen LogP contribution in [-0.4, -0.2) is 47.8 Å². The van der Waals surface area contributed by atoms with E-state index in [9.17, 15) is 14.0 Å². The summed E-state index contributed by atoms with van der Waals surface area (Å²) in [5.74, 6) is -0.484. The summed E-state index contributed by atoms with van der Waals surface area (Å²) in [6.07, 6.45) is 5.77. The summed E-state index contributed by atoms with van der Waals surface area (Å²) in [5.41, 5.74) is 1.76. The molecule has 4 rings (SSSR count). The fourth-order valence-electron chi connectivity index (χ4n) is 4.70. The lowest BCUT2D eigenvalue weighted by atomic mass is 9.95. The summed E-state index contributed by atoms with van der Waals surface area (Å²) in [5, 5.41) is 3.41. The van der Waals surface area contributed by atoms with E-state index in [1.807, 2.05) is 17.0 Å². The van der Waals surface area contributed by atoms with Crippen molar-refractivity contribution in [2.75, 3.05) is 31.5 Å². The lowest BCUT2D eigenvalue weighted by Crippen LogP contribution is -2.38. The van der Waals surface area contributed by atoms with Gasteiger partial charge in [0.05, 0.1) is 11.3 Å². The number of benzene rings is 2. The zero-order valence-electron chi connectivity index (χ0n) is 18.9. The van der Waals surface area contributed by atoms with Gasteiger partial charge in [-0.05, 0) is 63.0 Å². The molecule has 2 heterocycles. The molecule has 0 saturated carbocycles. The quantitative estimate of drug-likeness (QED) is 0.639. The van der Waals surface area contributed by atoms with Crippen LogP contribution in [0, 0.1) is 11.7 Å². The van der Waals surface area contributed by atoms with Crippen LogP contribution in [0.15, 0.2) is 42.5 Å². The van der Waals surface area contributed by atoms with Gasteiger partial charge < -0.3 is 10.2 Å². The summed E-state index contributed by atoms with van der Waals surface area (Å²) in [7, 11) is 0. The highest BCUT2D eigenvalue weighted by Crippen LogP contribution is 2.25. The van der Waals surface area contributed by atoms with E-state index in [0.29, 0.717) is 54.3 Å². The minimum absolute atomic E-state index is 0.00684. The van der Waals surface area contributed by atoms with Crippen LogP contribution in [0.4, 0.5) is 10.1 Å². The Bertz CT molecular complexity index is 983. The normalized spacial score (nSPS) is 18.1. The van der Waals surface area contributed by atoms with Gasteiger partial charge in [-0.2, -0.15) is 0 Å². The molecule has 2 aromatic rings. The van der Waals surface area contributed by atoms with Crippen molar-refractivity contribution in [3.8, 4) is 0 Å². The number of amides is 2. The number of nitrogens with one attached hydrogen (secondary N) is 1. The van der Waals surface area contributed by atoms with Crippen molar-refractivity contribution in [1.82, 2.24) is 9.80 Å². The molecule has 2 amide bonds. The van der Waals surface area contributed by atoms with Gasteiger partial charge in [0.1, 0.15) is 5.82 Å². The van der Waals surface area contributed by atoms with E-state index in [4.69, 9.17) is 11.6 Å². The van der Waals surface area contributed by atoms with Gasteiger partial charge in [-0.1, -0.05) is 42.6 Å². The zero-order chi connectivity index (χ0) is 23.2. The summed E-state index contributed by atoms with van der Waals surface area (Å²) >= 11 is 5.84. The third kappa shape index (κ3) is 6.12. The number of piperidine rings is 1. The third-order valence-corrected chi connectivity index (χ3v) is 6.91. The fourth-order valence-corrected chi connectivity index (χ4v) is 4.86. The average Bonchev–Trinajstić information content (AvgIpc) is 3.11. The maximum absolute atomic E-state index is 14.1. The molecule has 2 aromatic carbocycles. The molecular weight excluding hydrogens is 441 g/mol. The van der Waals surface area contributed by atoms with Crippen molar-refractivity contribution in [3.05, 3.63) is 64.4 Å². The van der Waals surface area contributed by atoms with Crippen molar-refractivity contribution in [2.45, 2.75) is 45.1 Å². The fraction of sp³-hybridized carbons (Fsp3) is 0.462. The second-order valence-corrected chi connectivity index (χ2v) is 9.46. The number of halogens is 2. The minimum Gasteiger partial charge on any atom is -0.339 e. The molecular formula is C26H31ClFN3O2. The first-order valence-electron chi connectivity index (χ1n) is 11.9. The van der Waals surface area contributed by atoms with Crippen LogP contribution < -0.4 is 5.32 Å². The van der Waals surface area contributed by atoms with Crippen LogP contribution in [0.1, 0.15) is 54.4 Å². The van der Waals surface area contributed by atoms with Gasteiger partial charge in [-0.3, -0.25) is 14.5 Å². The second-order valence-electron chi connectivity index (χ2n) is 9.03. The first-order chi connectivity index (χ1) is 16.0. The second kappa shape index (κ2) is 11.1. The number of likely N-dealkylation sites (tertiary alicyclic amines) is 2. The van der Waals surface area contributed by atoms with E-state index in [-0.39, 0.29) is 23.5 Å². The molecule has 7 heteroatoms. The van der Waals surface area contributed by atoms with Crippen molar-refractivity contribution in [2.24, 2.45) is 5.92 Å². The summed E-state index contributed by atoms with van der Waals surface area (Å²) in [4.78, 5) is 30.2. The van der Waals surface area contributed by atoms with E-state index in [1.165, 1.54) is 6.07 Å². The Balaban J connectivity index is 1.34. The highest BCUT2D eigenvalue weighted by molar-refractivity contribution is 6.30. The van der Waals surface area contributed by atoms with E-state index >= 15 is 0 Å². The number of hydrogen-bond acceptors (Lipinski definition) is 3. The van der Waals surface area contributed by atoms with Gasteiger partial charge in [0.15, 0.2) is 0 Å². The molecule has 2 saturated heterocycles. The monoisotopic (exact) mass is 471 g/mol.